The van der Waals surface area contributed by atoms with Crippen LogP contribution in [0.3, 0.4) is 0 Å². The van der Waals surface area contributed by atoms with Crippen LogP contribution in [0.4, 0.5) is 10.2 Å². The van der Waals surface area contributed by atoms with Crippen LogP contribution in [0.5, 0.6) is 0 Å². The van der Waals surface area contributed by atoms with E-state index in [0.29, 0.717) is 21.5 Å². The van der Waals surface area contributed by atoms with Gasteiger partial charge in [0.25, 0.3) is 0 Å². The van der Waals surface area contributed by atoms with Gasteiger partial charge in [0.2, 0.25) is 0 Å². The number of hydrogen-bond donors (Lipinski definition) is 1. The summed E-state index contributed by atoms with van der Waals surface area (Å²) in [5, 5.41) is 10.7. The Morgan fingerprint density at radius 2 is 2.00 bits per heavy atom. The summed E-state index contributed by atoms with van der Waals surface area (Å²) in [5.41, 5.74) is 0.768. The first kappa shape index (κ1) is 12.3. The third-order valence-corrected chi connectivity index (χ3v) is 3.49. The van der Waals surface area contributed by atoms with Gasteiger partial charge in [-0.1, -0.05) is 11.6 Å². The molecule has 6 heteroatoms. The van der Waals surface area contributed by atoms with Crippen molar-refractivity contribution in [2.45, 2.75) is 0 Å². The van der Waals surface area contributed by atoms with E-state index in [0.717, 1.165) is 0 Å². The fourth-order valence-corrected chi connectivity index (χ4v) is 1.80. The first-order chi connectivity index (χ1) is 8.13. The molecule has 0 atom stereocenters. The van der Waals surface area contributed by atoms with Crippen molar-refractivity contribution >= 4 is 33.3 Å². The second kappa shape index (κ2) is 4.98. The molecule has 2 aromatic rings. The normalized spacial score (nSPS) is 10.4. The Kier molecular flexibility index (Phi) is 3.59. The van der Waals surface area contributed by atoms with Gasteiger partial charge in [0, 0.05) is 17.1 Å². The van der Waals surface area contributed by atoms with Crippen molar-refractivity contribution in [3.8, 4) is 11.3 Å². The third kappa shape index (κ3) is 2.40. The maximum absolute atomic E-state index is 13.9. The minimum Gasteiger partial charge on any atom is -0.372 e. The molecule has 1 aromatic carbocycles. The number of hydrogen-bond acceptors (Lipinski definition) is 3. The number of anilines is 1. The summed E-state index contributed by atoms with van der Waals surface area (Å²) in [7, 11) is 1.74. The van der Waals surface area contributed by atoms with E-state index in [2.05, 4.69) is 31.4 Å². The highest BCUT2D eigenvalue weighted by atomic mass is 79.9. The minimum absolute atomic E-state index is 0.0435. The summed E-state index contributed by atoms with van der Waals surface area (Å²) in [6.07, 6.45) is 0. The van der Waals surface area contributed by atoms with E-state index in [1.807, 2.05) is 0 Å². The quantitative estimate of drug-likeness (QED) is 0.858. The fourth-order valence-electron chi connectivity index (χ4n) is 1.33. The standard InChI is InChI=1S/C11H8BrClFN3/c1-15-9-5-4-8(16-17-9)6-2-3-7(12)10(13)11(6)14/h2-5H,1H3,(H,15,17). The molecule has 0 aliphatic heterocycles. The highest BCUT2D eigenvalue weighted by Gasteiger charge is 2.13. The van der Waals surface area contributed by atoms with Crippen LogP contribution in [0.1, 0.15) is 0 Å². The van der Waals surface area contributed by atoms with Crippen LogP contribution in [0.2, 0.25) is 5.02 Å². The Balaban J connectivity index is 2.49. The second-order valence-corrected chi connectivity index (χ2v) is 4.51. The average Bonchev–Trinajstić information content (AvgIpc) is 2.36. The molecule has 1 heterocycles. The molecular weight excluding hydrogens is 308 g/mol. The third-order valence-electron chi connectivity index (χ3n) is 2.23. The van der Waals surface area contributed by atoms with E-state index in [1.54, 1.807) is 31.3 Å². The average molecular weight is 317 g/mol. The molecule has 0 bridgehead atoms. The summed E-state index contributed by atoms with van der Waals surface area (Å²) in [5.74, 6) is 0.116. The van der Waals surface area contributed by atoms with E-state index in [9.17, 15) is 4.39 Å². The Bertz CT molecular complexity index is 545. The molecule has 0 radical (unpaired) electrons. The zero-order valence-electron chi connectivity index (χ0n) is 8.84. The summed E-state index contributed by atoms with van der Waals surface area (Å²) in [6.45, 7) is 0. The van der Waals surface area contributed by atoms with Crippen LogP contribution in [0.25, 0.3) is 11.3 Å². The largest absolute Gasteiger partial charge is 0.372 e. The van der Waals surface area contributed by atoms with Crippen molar-refractivity contribution in [3.05, 3.63) is 39.6 Å². The molecule has 88 valence electrons. The van der Waals surface area contributed by atoms with Gasteiger partial charge in [-0.15, -0.1) is 10.2 Å². The zero-order valence-corrected chi connectivity index (χ0v) is 11.2. The van der Waals surface area contributed by atoms with Crippen molar-refractivity contribution < 1.29 is 4.39 Å². The Morgan fingerprint density at radius 3 is 2.59 bits per heavy atom. The smallest absolute Gasteiger partial charge is 0.152 e. The maximum Gasteiger partial charge on any atom is 0.152 e. The maximum atomic E-state index is 13.9. The van der Waals surface area contributed by atoms with Gasteiger partial charge < -0.3 is 5.32 Å². The molecule has 1 aromatic heterocycles. The Labute approximate surface area is 111 Å². The van der Waals surface area contributed by atoms with Crippen molar-refractivity contribution in [1.82, 2.24) is 10.2 Å². The lowest BCUT2D eigenvalue weighted by molar-refractivity contribution is 0.630. The van der Waals surface area contributed by atoms with Crippen molar-refractivity contribution in [3.63, 3.8) is 0 Å². The molecule has 0 saturated heterocycles. The summed E-state index contributed by atoms with van der Waals surface area (Å²) < 4.78 is 14.4. The van der Waals surface area contributed by atoms with E-state index in [1.165, 1.54) is 0 Å². The van der Waals surface area contributed by atoms with E-state index >= 15 is 0 Å². The molecule has 0 saturated carbocycles. The monoisotopic (exact) mass is 315 g/mol. The van der Waals surface area contributed by atoms with Gasteiger partial charge in [0.1, 0.15) is 5.82 Å². The number of rotatable bonds is 2. The number of benzene rings is 1. The predicted molar refractivity (Wildman–Crippen MR) is 69.7 cm³/mol. The first-order valence-corrected chi connectivity index (χ1v) is 5.96. The van der Waals surface area contributed by atoms with Crippen LogP contribution < -0.4 is 5.32 Å². The number of nitrogens with one attached hydrogen (secondary N) is 1. The highest BCUT2D eigenvalue weighted by molar-refractivity contribution is 9.10. The van der Waals surface area contributed by atoms with Crippen LogP contribution in [-0.2, 0) is 0 Å². The van der Waals surface area contributed by atoms with Crippen LogP contribution >= 0.6 is 27.5 Å². The molecule has 0 unspecified atom stereocenters. The summed E-state index contributed by atoms with van der Waals surface area (Å²) >= 11 is 8.97. The van der Waals surface area contributed by atoms with Crippen LogP contribution in [0.15, 0.2) is 28.7 Å². The molecule has 2 rings (SSSR count). The SMILES string of the molecule is CNc1ccc(-c2ccc(Br)c(Cl)c2F)nn1. The lowest BCUT2D eigenvalue weighted by Gasteiger charge is -2.05. The number of aromatic nitrogens is 2. The van der Waals surface area contributed by atoms with Gasteiger partial charge >= 0.3 is 0 Å². The van der Waals surface area contributed by atoms with Crippen LogP contribution in [-0.4, -0.2) is 17.2 Å². The molecule has 0 aliphatic rings. The summed E-state index contributed by atoms with van der Waals surface area (Å²) in [6, 6.07) is 6.68. The molecule has 1 N–H and O–H groups in total. The van der Waals surface area contributed by atoms with Crippen LogP contribution in [0, 0.1) is 5.82 Å². The Hall–Kier alpha value is -1.20. The molecule has 0 fully saturated rings. The van der Waals surface area contributed by atoms with Crippen molar-refractivity contribution in [2.24, 2.45) is 0 Å². The van der Waals surface area contributed by atoms with E-state index in [4.69, 9.17) is 11.6 Å². The minimum atomic E-state index is -0.507. The second-order valence-electron chi connectivity index (χ2n) is 3.28. The van der Waals surface area contributed by atoms with Gasteiger partial charge in [-0.25, -0.2) is 4.39 Å². The number of nitrogens with zero attached hydrogens (tertiary/aromatic N) is 2. The van der Waals surface area contributed by atoms with Gasteiger partial charge in [0.05, 0.1) is 10.7 Å². The lowest BCUT2D eigenvalue weighted by atomic mass is 10.1. The molecule has 0 aliphatic carbocycles. The fraction of sp³-hybridized carbons (Fsp3) is 0.0909. The first-order valence-electron chi connectivity index (χ1n) is 4.79. The molecule has 0 amide bonds. The highest BCUT2D eigenvalue weighted by Crippen LogP contribution is 2.32. The van der Waals surface area contributed by atoms with Crippen molar-refractivity contribution in [1.29, 1.82) is 0 Å². The van der Waals surface area contributed by atoms with Gasteiger partial charge in [-0.2, -0.15) is 0 Å². The van der Waals surface area contributed by atoms with Crippen molar-refractivity contribution in [2.75, 3.05) is 12.4 Å². The summed E-state index contributed by atoms with van der Waals surface area (Å²) in [4.78, 5) is 0. The molecule has 3 nitrogen and oxygen atoms in total. The van der Waals surface area contributed by atoms with Gasteiger partial charge in [-0.05, 0) is 40.2 Å². The Morgan fingerprint density at radius 1 is 1.24 bits per heavy atom. The molecule has 17 heavy (non-hydrogen) atoms. The molecular formula is C11H8BrClFN3. The van der Waals surface area contributed by atoms with Gasteiger partial charge in [-0.3, -0.25) is 0 Å². The molecule has 0 spiro atoms. The zero-order chi connectivity index (χ0) is 12.4. The number of halogens is 3. The van der Waals surface area contributed by atoms with E-state index < -0.39 is 5.82 Å². The predicted octanol–water partition coefficient (Wildman–Crippen LogP) is 3.74. The lowest BCUT2D eigenvalue weighted by Crippen LogP contribution is -1.96. The topological polar surface area (TPSA) is 37.8 Å². The van der Waals surface area contributed by atoms with E-state index in [-0.39, 0.29) is 5.02 Å². The van der Waals surface area contributed by atoms with Gasteiger partial charge in [0.15, 0.2) is 5.82 Å².